The van der Waals surface area contributed by atoms with Gasteiger partial charge in [0.1, 0.15) is 11.7 Å². The summed E-state index contributed by atoms with van der Waals surface area (Å²) in [4.78, 5) is 51.4. The predicted molar refractivity (Wildman–Crippen MR) is 94.8 cm³/mol. The third kappa shape index (κ3) is 3.96. The molecule has 0 bridgehead atoms. The van der Waals surface area contributed by atoms with Gasteiger partial charge in [-0.25, -0.2) is 9.59 Å². The number of aromatic nitrogens is 1. The number of hydrogen-bond donors (Lipinski definition) is 0. The van der Waals surface area contributed by atoms with Crippen molar-refractivity contribution in [2.24, 2.45) is 13.0 Å². The Hall–Kier alpha value is -2.84. The summed E-state index contributed by atoms with van der Waals surface area (Å²) in [6, 6.07) is 0. The molecule has 0 saturated heterocycles. The SMILES string of the molecule is CCOC(=O)c1cn(C)c2c1C(=O)[C@@H](C(=O)OCC)CCN2C(=O)OCC. The van der Waals surface area contributed by atoms with E-state index < -0.39 is 29.7 Å². The summed E-state index contributed by atoms with van der Waals surface area (Å²) in [5, 5.41) is 0. The Balaban J connectivity index is 2.60. The van der Waals surface area contributed by atoms with Crippen LogP contribution in [-0.2, 0) is 26.1 Å². The molecule has 0 radical (unpaired) electrons. The number of Topliss-reactive ketones (excluding diaryl/α,β-unsaturated/α-hetero) is 1. The number of hydrogen-bond acceptors (Lipinski definition) is 7. The maximum absolute atomic E-state index is 13.1. The molecule has 1 aromatic rings. The highest BCUT2D eigenvalue weighted by molar-refractivity contribution is 6.18. The third-order valence-electron chi connectivity index (χ3n) is 4.16. The summed E-state index contributed by atoms with van der Waals surface area (Å²) in [7, 11) is 1.60. The predicted octanol–water partition coefficient (Wildman–Crippen LogP) is 1.93. The summed E-state index contributed by atoms with van der Waals surface area (Å²) in [5.74, 6) is -2.86. The van der Waals surface area contributed by atoms with Gasteiger partial charge in [0.25, 0.3) is 0 Å². The number of carbonyl (C=O) groups excluding carboxylic acids is 4. The minimum absolute atomic E-state index is 0.00449. The number of nitrogens with zero attached hydrogens (tertiary/aromatic N) is 2. The summed E-state index contributed by atoms with van der Waals surface area (Å²) in [6.07, 6.45) is 0.820. The molecule has 0 aromatic carbocycles. The van der Waals surface area contributed by atoms with Crippen molar-refractivity contribution in [3.63, 3.8) is 0 Å². The average molecular weight is 380 g/mol. The lowest BCUT2D eigenvalue weighted by molar-refractivity contribution is -0.146. The van der Waals surface area contributed by atoms with E-state index in [1.807, 2.05) is 0 Å². The molecule has 0 spiro atoms. The van der Waals surface area contributed by atoms with Crippen molar-refractivity contribution in [1.29, 1.82) is 0 Å². The van der Waals surface area contributed by atoms with Crippen molar-refractivity contribution >= 4 is 29.6 Å². The van der Waals surface area contributed by atoms with Crippen LogP contribution in [0.25, 0.3) is 0 Å². The zero-order valence-electron chi connectivity index (χ0n) is 15.9. The van der Waals surface area contributed by atoms with E-state index >= 15 is 0 Å². The van der Waals surface area contributed by atoms with Gasteiger partial charge in [-0.15, -0.1) is 0 Å². The number of anilines is 1. The molecule has 2 heterocycles. The number of fused-ring (bicyclic) bond motifs is 1. The minimum atomic E-state index is -1.11. The summed E-state index contributed by atoms with van der Waals surface area (Å²) in [6.45, 7) is 5.42. The first kappa shape index (κ1) is 20.5. The topological polar surface area (TPSA) is 104 Å². The molecule has 2 rings (SSSR count). The van der Waals surface area contributed by atoms with Crippen molar-refractivity contribution in [1.82, 2.24) is 4.57 Å². The Bertz CT molecular complexity index is 753. The van der Waals surface area contributed by atoms with E-state index in [4.69, 9.17) is 14.2 Å². The molecular formula is C18H24N2O7. The largest absolute Gasteiger partial charge is 0.465 e. The molecule has 0 fully saturated rings. The fraction of sp³-hybridized carbons (Fsp3) is 0.556. The lowest BCUT2D eigenvalue weighted by Gasteiger charge is -2.21. The van der Waals surface area contributed by atoms with E-state index in [1.165, 1.54) is 15.7 Å². The van der Waals surface area contributed by atoms with E-state index in [0.717, 1.165) is 0 Å². The Kier molecular flexibility index (Phi) is 6.59. The van der Waals surface area contributed by atoms with Crippen LogP contribution < -0.4 is 4.90 Å². The molecule has 1 aliphatic rings. The van der Waals surface area contributed by atoms with Gasteiger partial charge in [0, 0.05) is 19.8 Å². The smallest absolute Gasteiger partial charge is 0.415 e. The van der Waals surface area contributed by atoms with Gasteiger partial charge in [0.05, 0.1) is 30.9 Å². The highest BCUT2D eigenvalue weighted by Crippen LogP contribution is 2.34. The number of esters is 2. The lowest BCUT2D eigenvalue weighted by atomic mass is 9.95. The molecule has 1 amide bonds. The Morgan fingerprint density at radius 2 is 1.70 bits per heavy atom. The highest BCUT2D eigenvalue weighted by Gasteiger charge is 2.41. The quantitative estimate of drug-likeness (QED) is 0.437. The van der Waals surface area contributed by atoms with Crippen molar-refractivity contribution in [2.45, 2.75) is 27.2 Å². The van der Waals surface area contributed by atoms with Crippen LogP contribution in [0.3, 0.4) is 0 Å². The van der Waals surface area contributed by atoms with Gasteiger partial charge < -0.3 is 18.8 Å². The molecule has 1 atom stereocenters. The summed E-state index contributed by atoms with van der Waals surface area (Å²) < 4.78 is 16.6. The maximum Gasteiger partial charge on any atom is 0.415 e. The van der Waals surface area contributed by atoms with Gasteiger partial charge in [-0.2, -0.15) is 0 Å². The molecule has 0 unspecified atom stereocenters. The van der Waals surface area contributed by atoms with Gasteiger partial charge in [-0.3, -0.25) is 14.5 Å². The zero-order chi connectivity index (χ0) is 20.1. The van der Waals surface area contributed by atoms with Gasteiger partial charge in [-0.1, -0.05) is 0 Å². The normalized spacial score (nSPS) is 16.4. The molecule has 9 nitrogen and oxygen atoms in total. The first-order chi connectivity index (χ1) is 12.9. The van der Waals surface area contributed by atoms with Crippen LogP contribution in [0.15, 0.2) is 6.20 Å². The molecule has 0 aliphatic carbocycles. The second-order valence-corrected chi connectivity index (χ2v) is 5.88. The Morgan fingerprint density at radius 3 is 2.30 bits per heavy atom. The van der Waals surface area contributed by atoms with E-state index in [1.54, 1.807) is 27.8 Å². The molecule has 27 heavy (non-hydrogen) atoms. The Labute approximate surface area is 157 Å². The standard InChI is InChI=1S/C18H24N2O7/c1-5-25-16(22)11-8-9-20(18(24)27-7-3)15-13(14(11)21)12(10-19(15)4)17(23)26-6-2/h10-11H,5-9H2,1-4H3/t11-/m0/s1. The molecule has 9 heteroatoms. The zero-order valence-corrected chi connectivity index (χ0v) is 15.9. The lowest BCUT2D eigenvalue weighted by Crippen LogP contribution is -2.34. The number of aryl methyl sites for hydroxylation is 1. The molecule has 0 saturated carbocycles. The number of ether oxygens (including phenoxy) is 3. The first-order valence-electron chi connectivity index (χ1n) is 8.88. The average Bonchev–Trinajstić information content (AvgIpc) is 2.87. The van der Waals surface area contributed by atoms with Gasteiger partial charge in [-0.05, 0) is 27.2 Å². The van der Waals surface area contributed by atoms with Crippen LogP contribution in [-0.4, -0.2) is 54.7 Å². The van der Waals surface area contributed by atoms with Crippen LogP contribution >= 0.6 is 0 Å². The van der Waals surface area contributed by atoms with Crippen molar-refractivity contribution in [3.05, 3.63) is 17.3 Å². The van der Waals surface area contributed by atoms with Crippen molar-refractivity contribution < 1.29 is 33.4 Å². The van der Waals surface area contributed by atoms with E-state index in [0.29, 0.717) is 0 Å². The van der Waals surface area contributed by atoms with E-state index in [2.05, 4.69) is 0 Å². The van der Waals surface area contributed by atoms with Gasteiger partial charge in [0.2, 0.25) is 0 Å². The fourth-order valence-corrected chi connectivity index (χ4v) is 3.06. The van der Waals surface area contributed by atoms with Crippen LogP contribution in [0.5, 0.6) is 0 Å². The summed E-state index contributed by atoms with van der Waals surface area (Å²) in [5.41, 5.74) is -0.0237. The van der Waals surface area contributed by atoms with Crippen LogP contribution in [0, 0.1) is 5.92 Å². The number of ketones is 1. The molecule has 1 aromatic heterocycles. The monoisotopic (exact) mass is 380 g/mol. The number of rotatable bonds is 5. The Morgan fingerprint density at radius 1 is 1.07 bits per heavy atom. The van der Waals surface area contributed by atoms with Crippen molar-refractivity contribution in [3.8, 4) is 0 Å². The highest BCUT2D eigenvalue weighted by atomic mass is 16.6. The second-order valence-electron chi connectivity index (χ2n) is 5.88. The van der Waals surface area contributed by atoms with Crippen LogP contribution in [0.2, 0.25) is 0 Å². The molecular weight excluding hydrogens is 356 g/mol. The first-order valence-corrected chi connectivity index (χ1v) is 8.88. The molecule has 0 N–H and O–H groups in total. The van der Waals surface area contributed by atoms with E-state index in [9.17, 15) is 19.2 Å². The van der Waals surface area contributed by atoms with E-state index in [-0.39, 0.29) is 49.7 Å². The second kappa shape index (κ2) is 8.70. The van der Waals surface area contributed by atoms with Crippen LogP contribution in [0.1, 0.15) is 47.9 Å². The van der Waals surface area contributed by atoms with Gasteiger partial charge in [0.15, 0.2) is 5.78 Å². The number of amides is 1. The fourth-order valence-electron chi connectivity index (χ4n) is 3.06. The summed E-state index contributed by atoms with van der Waals surface area (Å²) >= 11 is 0. The number of carbonyl (C=O) groups is 4. The molecule has 1 aliphatic heterocycles. The third-order valence-corrected chi connectivity index (χ3v) is 4.16. The van der Waals surface area contributed by atoms with Crippen molar-refractivity contribution in [2.75, 3.05) is 31.3 Å². The van der Waals surface area contributed by atoms with Gasteiger partial charge >= 0.3 is 18.0 Å². The van der Waals surface area contributed by atoms with Crippen LogP contribution in [0.4, 0.5) is 10.6 Å². The molecule has 148 valence electrons. The maximum atomic E-state index is 13.1. The minimum Gasteiger partial charge on any atom is -0.465 e.